The molecule has 0 spiro atoms. The van der Waals surface area contributed by atoms with Gasteiger partial charge in [0.25, 0.3) is 5.91 Å². The van der Waals surface area contributed by atoms with Gasteiger partial charge in [0.1, 0.15) is 6.04 Å². The van der Waals surface area contributed by atoms with Crippen molar-refractivity contribution in [3.63, 3.8) is 0 Å². The molecule has 0 saturated heterocycles. The molecular formula is C7H7N3OS. The fourth-order valence-corrected chi connectivity index (χ4v) is 1.46. The Labute approximate surface area is 73.6 Å². The van der Waals surface area contributed by atoms with Crippen LogP contribution >= 0.6 is 11.3 Å². The predicted octanol–water partition coefficient (Wildman–Crippen LogP) is 0.345. The molecule has 1 unspecified atom stereocenters. The van der Waals surface area contributed by atoms with Gasteiger partial charge in [0.15, 0.2) is 6.19 Å². The molecule has 0 aromatic carbocycles. The number of thiophene rings is 1. The Balaban J connectivity index is 2.67. The SMILES string of the molecule is N#CNC(=O)C(N)c1cccs1. The van der Waals surface area contributed by atoms with E-state index in [1.807, 2.05) is 10.7 Å². The Morgan fingerprint density at radius 3 is 3.08 bits per heavy atom. The van der Waals surface area contributed by atoms with Gasteiger partial charge in [0.05, 0.1) is 0 Å². The maximum atomic E-state index is 11.0. The molecule has 62 valence electrons. The fourth-order valence-electron chi connectivity index (χ4n) is 0.730. The lowest BCUT2D eigenvalue weighted by molar-refractivity contribution is -0.121. The maximum absolute atomic E-state index is 11.0. The van der Waals surface area contributed by atoms with Crippen LogP contribution in [0.1, 0.15) is 10.9 Å². The van der Waals surface area contributed by atoms with Crippen LogP contribution in [0.4, 0.5) is 0 Å². The second-order valence-electron chi connectivity index (χ2n) is 2.09. The van der Waals surface area contributed by atoms with Crippen molar-refractivity contribution < 1.29 is 4.79 Å². The van der Waals surface area contributed by atoms with Gasteiger partial charge < -0.3 is 5.73 Å². The van der Waals surface area contributed by atoms with Crippen molar-refractivity contribution >= 4 is 17.2 Å². The van der Waals surface area contributed by atoms with Crippen molar-refractivity contribution in [2.75, 3.05) is 0 Å². The van der Waals surface area contributed by atoms with Crippen LogP contribution in [-0.2, 0) is 4.79 Å². The minimum absolute atomic E-state index is 0.472. The zero-order valence-electron chi connectivity index (χ0n) is 6.15. The average Bonchev–Trinajstić information content (AvgIpc) is 2.55. The van der Waals surface area contributed by atoms with Gasteiger partial charge in [-0.15, -0.1) is 11.3 Å². The lowest BCUT2D eigenvalue weighted by Crippen LogP contribution is -2.30. The van der Waals surface area contributed by atoms with Gasteiger partial charge in [0.2, 0.25) is 0 Å². The second kappa shape index (κ2) is 3.85. The second-order valence-corrected chi connectivity index (χ2v) is 3.07. The largest absolute Gasteiger partial charge is 0.315 e. The fraction of sp³-hybridized carbons (Fsp3) is 0.143. The number of carbonyl (C=O) groups is 1. The molecule has 1 aromatic heterocycles. The maximum Gasteiger partial charge on any atom is 0.255 e. The molecule has 1 heterocycles. The zero-order valence-corrected chi connectivity index (χ0v) is 6.97. The van der Waals surface area contributed by atoms with E-state index >= 15 is 0 Å². The number of amides is 1. The van der Waals surface area contributed by atoms with Crippen LogP contribution < -0.4 is 11.1 Å². The topological polar surface area (TPSA) is 78.9 Å². The molecule has 0 saturated carbocycles. The Bertz CT molecular complexity index is 301. The third kappa shape index (κ3) is 1.81. The lowest BCUT2D eigenvalue weighted by atomic mass is 10.2. The first kappa shape index (κ1) is 8.71. The van der Waals surface area contributed by atoms with E-state index in [1.165, 1.54) is 17.5 Å². The molecule has 0 aliphatic rings. The van der Waals surface area contributed by atoms with Crippen LogP contribution in [0.3, 0.4) is 0 Å². The quantitative estimate of drug-likeness (QED) is 0.510. The summed E-state index contributed by atoms with van der Waals surface area (Å²) in [6.45, 7) is 0. The summed E-state index contributed by atoms with van der Waals surface area (Å²) >= 11 is 1.39. The smallest absolute Gasteiger partial charge is 0.255 e. The van der Waals surface area contributed by atoms with E-state index in [2.05, 4.69) is 0 Å². The van der Waals surface area contributed by atoms with Crippen molar-refractivity contribution in [1.82, 2.24) is 5.32 Å². The average molecular weight is 181 g/mol. The van der Waals surface area contributed by atoms with E-state index in [4.69, 9.17) is 11.0 Å². The van der Waals surface area contributed by atoms with Gasteiger partial charge in [-0.25, -0.2) is 0 Å². The van der Waals surface area contributed by atoms with Crippen LogP contribution in [0, 0.1) is 11.5 Å². The summed E-state index contributed by atoms with van der Waals surface area (Å²) in [5, 5.41) is 12.0. The molecule has 0 fully saturated rings. The number of hydrogen-bond acceptors (Lipinski definition) is 4. The van der Waals surface area contributed by atoms with Crippen LogP contribution in [0.2, 0.25) is 0 Å². The molecule has 0 aliphatic heterocycles. The number of nitrogens with zero attached hydrogens (tertiary/aromatic N) is 1. The predicted molar refractivity (Wildman–Crippen MR) is 45.0 cm³/mol. The van der Waals surface area contributed by atoms with Crippen molar-refractivity contribution in [3.8, 4) is 6.19 Å². The molecule has 3 N–H and O–H groups in total. The highest BCUT2D eigenvalue weighted by molar-refractivity contribution is 7.10. The summed E-state index contributed by atoms with van der Waals surface area (Å²) in [7, 11) is 0. The minimum Gasteiger partial charge on any atom is -0.315 e. The highest BCUT2D eigenvalue weighted by Gasteiger charge is 2.15. The van der Waals surface area contributed by atoms with E-state index in [9.17, 15) is 4.79 Å². The molecule has 1 rings (SSSR count). The van der Waals surface area contributed by atoms with Crippen LogP contribution in [0.5, 0.6) is 0 Å². The molecular weight excluding hydrogens is 174 g/mol. The summed E-state index contributed by atoms with van der Waals surface area (Å²) in [5.41, 5.74) is 5.52. The molecule has 12 heavy (non-hydrogen) atoms. The summed E-state index contributed by atoms with van der Waals surface area (Å²) in [6, 6.07) is 2.83. The van der Waals surface area contributed by atoms with Gasteiger partial charge in [-0.1, -0.05) is 6.07 Å². The van der Waals surface area contributed by atoms with Gasteiger partial charge in [-0.2, -0.15) is 5.26 Å². The van der Waals surface area contributed by atoms with Crippen molar-refractivity contribution in [1.29, 1.82) is 5.26 Å². The molecule has 1 aromatic rings. The van der Waals surface area contributed by atoms with E-state index in [1.54, 1.807) is 12.1 Å². The summed E-state index contributed by atoms with van der Waals surface area (Å²) in [4.78, 5) is 11.7. The third-order valence-corrected chi connectivity index (χ3v) is 2.27. The van der Waals surface area contributed by atoms with Gasteiger partial charge in [-0.3, -0.25) is 10.1 Å². The summed E-state index contributed by atoms with van der Waals surface area (Å²) in [6.07, 6.45) is 1.54. The Morgan fingerprint density at radius 1 is 1.83 bits per heavy atom. The number of rotatable bonds is 2. The van der Waals surface area contributed by atoms with Crippen molar-refractivity contribution in [2.45, 2.75) is 6.04 Å². The highest BCUT2D eigenvalue weighted by Crippen LogP contribution is 2.16. The van der Waals surface area contributed by atoms with Crippen LogP contribution in [0.15, 0.2) is 17.5 Å². The van der Waals surface area contributed by atoms with Gasteiger partial charge in [-0.05, 0) is 11.4 Å². The first-order chi connectivity index (χ1) is 5.75. The Kier molecular flexibility index (Phi) is 2.80. The van der Waals surface area contributed by atoms with E-state index < -0.39 is 11.9 Å². The van der Waals surface area contributed by atoms with Gasteiger partial charge >= 0.3 is 0 Å². The van der Waals surface area contributed by atoms with E-state index in [0.717, 1.165) is 4.88 Å². The first-order valence-electron chi connectivity index (χ1n) is 3.23. The molecule has 4 nitrogen and oxygen atoms in total. The molecule has 0 radical (unpaired) electrons. The molecule has 0 aliphatic carbocycles. The van der Waals surface area contributed by atoms with Crippen LogP contribution in [-0.4, -0.2) is 5.91 Å². The highest BCUT2D eigenvalue weighted by atomic mass is 32.1. The lowest BCUT2D eigenvalue weighted by Gasteiger charge is -2.04. The van der Waals surface area contributed by atoms with Gasteiger partial charge in [0, 0.05) is 4.88 Å². The standard InChI is InChI=1S/C7H7N3OS/c8-4-10-7(11)6(9)5-2-1-3-12-5/h1-3,6H,9H2,(H,10,11). The number of nitrogens with two attached hydrogens (primary N) is 1. The van der Waals surface area contributed by atoms with Crippen molar-refractivity contribution in [3.05, 3.63) is 22.4 Å². The van der Waals surface area contributed by atoms with E-state index in [0.29, 0.717) is 0 Å². The molecule has 0 bridgehead atoms. The third-order valence-electron chi connectivity index (χ3n) is 1.31. The normalized spacial score (nSPS) is 11.7. The monoisotopic (exact) mass is 181 g/mol. The Morgan fingerprint density at radius 2 is 2.58 bits per heavy atom. The molecule has 1 amide bonds. The Hall–Kier alpha value is -1.38. The van der Waals surface area contributed by atoms with Crippen LogP contribution in [0.25, 0.3) is 0 Å². The molecule has 5 heteroatoms. The van der Waals surface area contributed by atoms with Crippen molar-refractivity contribution in [2.24, 2.45) is 5.73 Å². The van der Waals surface area contributed by atoms with E-state index in [-0.39, 0.29) is 0 Å². The number of carbonyl (C=O) groups excluding carboxylic acids is 1. The number of nitrogens with one attached hydrogen (secondary N) is 1. The zero-order chi connectivity index (χ0) is 8.97. The summed E-state index contributed by atoms with van der Waals surface area (Å²) < 4.78 is 0. The number of hydrogen-bond donors (Lipinski definition) is 2. The number of nitriles is 1. The first-order valence-corrected chi connectivity index (χ1v) is 4.11. The minimum atomic E-state index is -0.732. The molecule has 1 atom stereocenters. The summed E-state index contributed by atoms with van der Waals surface area (Å²) in [5.74, 6) is -0.472.